The summed E-state index contributed by atoms with van der Waals surface area (Å²) in [5.41, 5.74) is 3.79. The van der Waals surface area contributed by atoms with E-state index in [9.17, 15) is 4.39 Å². The molecule has 3 rings (SSSR count). The van der Waals surface area contributed by atoms with Crippen molar-refractivity contribution in [2.24, 2.45) is 0 Å². The van der Waals surface area contributed by atoms with E-state index in [1.165, 1.54) is 17.2 Å². The van der Waals surface area contributed by atoms with Crippen molar-refractivity contribution >= 4 is 11.4 Å². The minimum Gasteiger partial charge on any atom is -0.353 e. The van der Waals surface area contributed by atoms with Crippen molar-refractivity contribution in [2.75, 3.05) is 5.32 Å². The highest BCUT2D eigenvalue weighted by Crippen LogP contribution is 2.20. The number of nitrogens with zero attached hydrogens (tertiary/aromatic N) is 1. The zero-order valence-electron chi connectivity index (χ0n) is 11.5. The maximum absolute atomic E-state index is 13.6. The Labute approximate surface area is 123 Å². The Morgan fingerprint density at radius 3 is 2.19 bits per heavy atom. The number of para-hydroxylation sites is 1. The van der Waals surface area contributed by atoms with Crippen LogP contribution in [0.4, 0.5) is 15.8 Å². The van der Waals surface area contributed by atoms with Gasteiger partial charge in [-0.05, 0) is 53.9 Å². The van der Waals surface area contributed by atoms with Gasteiger partial charge < -0.3 is 5.32 Å². The van der Waals surface area contributed by atoms with Gasteiger partial charge in [0.05, 0.1) is 5.69 Å². The number of anilines is 2. The summed E-state index contributed by atoms with van der Waals surface area (Å²) in [6.07, 6.45) is 4.45. The Morgan fingerprint density at radius 1 is 0.810 bits per heavy atom. The maximum Gasteiger partial charge on any atom is 0.146 e. The fraction of sp³-hybridized carbons (Fsp3) is 0.0556. The molecular weight excluding hydrogens is 263 g/mol. The monoisotopic (exact) mass is 278 g/mol. The normalized spacial score (nSPS) is 10.3. The fourth-order valence-electron chi connectivity index (χ4n) is 2.16. The topological polar surface area (TPSA) is 24.9 Å². The molecule has 104 valence electrons. The molecule has 0 bridgehead atoms. The average Bonchev–Trinajstić information content (AvgIpc) is 2.52. The molecule has 0 aliphatic heterocycles. The molecule has 21 heavy (non-hydrogen) atoms. The second-order valence-electron chi connectivity index (χ2n) is 4.83. The highest BCUT2D eigenvalue weighted by molar-refractivity contribution is 5.60. The lowest BCUT2D eigenvalue weighted by atomic mass is 10.1. The third kappa shape index (κ3) is 3.45. The molecule has 2 aromatic carbocycles. The molecule has 2 nitrogen and oxygen atoms in total. The van der Waals surface area contributed by atoms with E-state index in [1.807, 2.05) is 42.5 Å². The first kappa shape index (κ1) is 13.3. The smallest absolute Gasteiger partial charge is 0.146 e. The van der Waals surface area contributed by atoms with E-state index in [4.69, 9.17) is 0 Å². The molecule has 0 aliphatic rings. The Kier molecular flexibility index (Phi) is 3.92. The number of hydrogen-bond donors (Lipinski definition) is 1. The Bertz CT molecular complexity index is 709. The number of rotatable bonds is 4. The van der Waals surface area contributed by atoms with Gasteiger partial charge in [0.25, 0.3) is 0 Å². The summed E-state index contributed by atoms with van der Waals surface area (Å²) in [7, 11) is 0. The molecule has 0 radical (unpaired) electrons. The van der Waals surface area contributed by atoms with Crippen LogP contribution < -0.4 is 5.32 Å². The number of nitrogens with one attached hydrogen (secondary N) is 1. The Balaban J connectivity index is 1.71. The summed E-state index contributed by atoms with van der Waals surface area (Å²) in [4.78, 5) is 4.01. The van der Waals surface area contributed by atoms with Crippen LogP contribution in [0.15, 0.2) is 73.1 Å². The molecule has 0 unspecified atom stereocenters. The van der Waals surface area contributed by atoms with Crippen LogP contribution in [-0.2, 0) is 6.42 Å². The first-order chi connectivity index (χ1) is 10.3. The quantitative estimate of drug-likeness (QED) is 0.757. The van der Waals surface area contributed by atoms with E-state index in [0.29, 0.717) is 5.69 Å². The van der Waals surface area contributed by atoms with Gasteiger partial charge in [-0.2, -0.15) is 0 Å². The molecular formula is C18H15FN2. The molecule has 0 aliphatic carbocycles. The van der Waals surface area contributed by atoms with Gasteiger partial charge in [-0.25, -0.2) is 4.39 Å². The first-order valence-corrected chi connectivity index (χ1v) is 6.81. The molecule has 0 saturated carbocycles. The molecule has 1 N–H and O–H groups in total. The third-order valence-corrected chi connectivity index (χ3v) is 3.26. The number of hydrogen-bond acceptors (Lipinski definition) is 2. The first-order valence-electron chi connectivity index (χ1n) is 6.81. The summed E-state index contributed by atoms with van der Waals surface area (Å²) in [6, 6.07) is 18.7. The highest BCUT2D eigenvalue weighted by Gasteiger charge is 2.01. The van der Waals surface area contributed by atoms with Crippen molar-refractivity contribution in [3.8, 4) is 0 Å². The number of benzene rings is 2. The highest BCUT2D eigenvalue weighted by atomic mass is 19.1. The van der Waals surface area contributed by atoms with Gasteiger partial charge >= 0.3 is 0 Å². The van der Waals surface area contributed by atoms with E-state index in [1.54, 1.807) is 24.5 Å². The molecule has 3 heteroatoms. The minimum absolute atomic E-state index is 0.252. The predicted molar refractivity (Wildman–Crippen MR) is 83.2 cm³/mol. The van der Waals surface area contributed by atoms with Crippen LogP contribution in [0.5, 0.6) is 0 Å². The van der Waals surface area contributed by atoms with Gasteiger partial charge in [0.15, 0.2) is 0 Å². The molecule has 1 aromatic heterocycles. The van der Waals surface area contributed by atoms with Crippen molar-refractivity contribution in [1.29, 1.82) is 0 Å². The van der Waals surface area contributed by atoms with Crippen LogP contribution in [0.25, 0.3) is 0 Å². The van der Waals surface area contributed by atoms with Crippen molar-refractivity contribution in [1.82, 2.24) is 4.98 Å². The predicted octanol–water partition coefficient (Wildman–Crippen LogP) is 4.56. The zero-order chi connectivity index (χ0) is 14.5. The maximum atomic E-state index is 13.6. The Hall–Kier alpha value is -2.68. The molecule has 0 saturated heterocycles. The number of aromatic nitrogens is 1. The van der Waals surface area contributed by atoms with Crippen LogP contribution in [-0.4, -0.2) is 4.98 Å². The summed E-state index contributed by atoms with van der Waals surface area (Å²) in [6.45, 7) is 0. The van der Waals surface area contributed by atoms with E-state index in [2.05, 4.69) is 10.3 Å². The van der Waals surface area contributed by atoms with E-state index in [0.717, 1.165) is 12.1 Å². The second-order valence-corrected chi connectivity index (χ2v) is 4.83. The van der Waals surface area contributed by atoms with Crippen molar-refractivity contribution in [3.63, 3.8) is 0 Å². The zero-order valence-corrected chi connectivity index (χ0v) is 11.5. The number of halogens is 1. The van der Waals surface area contributed by atoms with Gasteiger partial charge in [0, 0.05) is 18.1 Å². The van der Waals surface area contributed by atoms with Crippen LogP contribution in [0.1, 0.15) is 11.1 Å². The van der Waals surface area contributed by atoms with Gasteiger partial charge in [0.1, 0.15) is 5.82 Å². The lowest BCUT2D eigenvalue weighted by Crippen LogP contribution is -1.94. The minimum atomic E-state index is -0.252. The Morgan fingerprint density at radius 2 is 1.48 bits per heavy atom. The van der Waals surface area contributed by atoms with E-state index >= 15 is 0 Å². The molecule has 0 spiro atoms. The van der Waals surface area contributed by atoms with Gasteiger partial charge in [-0.1, -0.05) is 24.3 Å². The van der Waals surface area contributed by atoms with Crippen molar-refractivity contribution in [3.05, 3.63) is 90.0 Å². The largest absolute Gasteiger partial charge is 0.353 e. The molecule has 0 amide bonds. The van der Waals surface area contributed by atoms with Gasteiger partial charge in [-0.15, -0.1) is 0 Å². The summed E-state index contributed by atoms with van der Waals surface area (Å²) < 4.78 is 13.6. The second kappa shape index (κ2) is 6.18. The standard InChI is InChI=1S/C18H15FN2/c19-17-3-1-2-4-18(17)21-16-7-5-14(6-8-16)13-15-9-11-20-12-10-15/h1-12,21H,13H2. The molecule has 0 atom stereocenters. The molecule has 1 heterocycles. The van der Waals surface area contributed by atoms with Crippen molar-refractivity contribution < 1.29 is 4.39 Å². The molecule has 0 fully saturated rings. The van der Waals surface area contributed by atoms with Crippen LogP contribution in [0, 0.1) is 5.82 Å². The summed E-state index contributed by atoms with van der Waals surface area (Å²) >= 11 is 0. The van der Waals surface area contributed by atoms with Crippen LogP contribution in [0.3, 0.4) is 0 Å². The third-order valence-electron chi connectivity index (χ3n) is 3.26. The average molecular weight is 278 g/mol. The van der Waals surface area contributed by atoms with Gasteiger partial charge in [-0.3, -0.25) is 4.98 Å². The van der Waals surface area contributed by atoms with Crippen LogP contribution >= 0.6 is 0 Å². The lowest BCUT2D eigenvalue weighted by Gasteiger charge is -2.08. The summed E-state index contributed by atoms with van der Waals surface area (Å²) in [5.74, 6) is -0.252. The van der Waals surface area contributed by atoms with E-state index in [-0.39, 0.29) is 5.82 Å². The van der Waals surface area contributed by atoms with E-state index < -0.39 is 0 Å². The molecule has 3 aromatic rings. The van der Waals surface area contributed by atoms with Gasteiger partial charge in [0.2, 0.25) is 0 Å². The lowest BCUT2D eigenvalue weighted by molar-refractivity contribution is 0.632. The fourth-order valence-corrected chi connectivity index (χ4v) is 2.16. The van der Waals surface area contributed by atoms with Crippen molar-refractivity contribution in [2.45, 2.75) is 6.42 Å². The summed E-state index contributed by atoms with van der Waals surface area (Å²) in [5, 5.41) is 3.08. The number of pyridine rings is 1. The SMILES string of the molecule is Fc1ccccc1Nc1ccc(Cc2ccncc2)cc1. The van der Waals surface area contributed by atoms with Crippen LogP contribution in [0.2, 0.25) is 0 Å².